The number of aryl methyl sites for hydroxylation is 1. The summed E-state index contributed by atoms with van der Waals surface area (Å²) in [5.41, 5.74) is 3.17. The van der Waals surface area contributed by atoms with E-state index < -0.39 is 0 Å². The molecule has 1 aromatic carbocycles. The van der Waals surface area contributed by atoms with Crippen molar-refractivity contribution in [3.63, 3.8) is 0 Å². The van der Waals surface area contributed by atoms with Crippen LogP contribution in [0, 0.1) is 13.8 Å². The van der Waals surface area contributed by atoms with E-state index in [0.717, 1.165) is 28.8 Å². The average Bonchev–Trinajstić information content (AvgIpc) is 3.30. The summed E-state index contributed by atoms with van der Waals surface area (Å²) >= 11 is 1.45. The molecule has 0 saturated heterocycles. The molecule has 122 valence electrons. The number of carbonyl (C=O) groups is 1. The standard InChI is InChI=1S/C17H22N4OS/c1-4-21-16(13-8-9-13)19-20-17(21)23-10-15(22)18-14-7-5-6-11(2)12(14)3/h5-7,13H,4,8-10H2,1-3H3,(H,18,22). The Labute approximate surface area is 140 Å². The SMILES string of the molecule is CCn1c(SCC(=O)Nc2cccc(C)c2C)nnc1C1CC1. The van der Waals surface area contributed by atoms with Gasteiger partial charge in [-0.1, -0.05) is 23.9 Å². The van der Waals surface area contributed by atoms with Crippen LogP contribution in [0.3, 0.4) is 0 Å². The van der Waals surface area contributed by atoms with Gasteiger partial charge in [0.15, 0.2) is 5.16 Å². The molecule has 1 aromatic heterocycles. The summed E-state index contributed by atoms with van der Waals surface area (Å²) in [6.07, 6.45) is 2.41. The first-order chi connectivity index (χ1) is 11.1. The lowest BCUT2D eigenvalue weighted by molar-refractivity contribution is -0.113. The minimum atomic E-state index is -0.0117. The van der Waals surface area contributed by atoms with Crippen LogP contribution in [-0.4, -0.2) is 26.4 Å². The molecule has 2 aromatic rings. The van der Waals surface area contributed by atoms with Crippen molar-refractivity contribution in [2.75, 3.05) is 11.1 Å². The van der Waals surface area contributed by atoms with Crippen LogP contribution in [0.5, 0.6) is 0 Å². The molecule has 1 saturated carbocycles. The molecule has 0 spiro atoms. The third-order valence-electron chi connectivity index (χ3n) is 4.22. The van der Waals surface area contributed by atoms with Gasteiger partial charge in [0.2, 0.25) is 5.91 Å². The zero-order valence-corrected chi connectivity index (χ0v) is 14.6. The number of thioether (sulfide) groups is 1. The summed E-state index contributed by atoms with van der Waals surface area (Å²) in [7, 11) is 0. The van der Waals surface area contributed by atoms with E-state index in [-0.39, 0.29) is 5.91 Å². The lowest BCUT2D eigenvalue weighted by atomic mass is 10.1. The minimum absolute atomic E-state index is 0.0117. The monoisotopic (exact) mass is 330 g/mol. The van der Waals surface area contributed by atoms with Gasteiger partial charge in [-0.3, -0.25) is 4.79 Å². The van der Waals surface area contributed by atoms with Crippen molar-refractivity contribution in [1.29, 1.82) is 0 Å². The zero-order chi connectivity index (χ0) is 16.4. The fourth-order valence-corrected chi connectivity index (χ4v) is 3.36. The van der Waals surface area contributed by atoms with Gasteiger partial charge >= 0.3 is 0 Å². The average molecular weight is 330 g/mol. The first-order valence-electron chi connectivity index (χ1n) is 8.02. The Kier molecular flexibility index (Phi) is 4.71. The van der Waals surface area contributed by atoms with Crippen LogP contribution in [0.1, 0.15) is 42.6 Å². The highest BCUT2D eigenvalue weighted by Gasteiger charge is 2.30. The van der Waals surface area contributed by atoms with Crippen molar-refractivity contribution < 1.29 is 4.79 Å². The molecule has 0 bridgehead atoms. The second-order valence-electron chi connectivity index (χ2n) is 5.94. The number of hydrogen-bond donors (Lipinski definition) is 1. The van der Waals surface area contributed by atoms with E-state index >= 15 is 0 Å². The molecule has 1 heterocycles. The lowest BCUT2D eigenvalue weighted by Crippen LogP contribution is -2.15. The van der Waals surface area contributed by atoms with Gasteiger partial charge in [0.1, 0.15) is 5.82 Å². The number of benzene rings is 1. The predicted octanol–water partition coefficient (Wildman–Crippen LogP) is 3.52. The van der Waals surface area contributed by atoms with Crippen molar-refractivity contribution in [2.45, 2.75) is 51.2 Å². The summed E-state index contributed by atoms with van der Waals surface area (Å²) in [6.45, 7) is 7.01. The van der Waals surface area contributed by atoms with Crippen molar-refractivity contribution in [2.24, 2.45) is 0 Å². The fourth-order valence-electron chi connectivity index (χ4n) is 2.55. The molecule has 0 unspecified atom stereocenters. The Hall–Kier alpha value is -1.82. The zero-order valence-electron chi connectivity index (χ0n) is 13.8. The largest absolute Gasteiger partial charge is 0.325 e. The summed E-state index contributed by atoms with van der Waals surface area (Å²) in [4.78, 5) is 12.2. The van der Waals surface area contributed by atoms with Crippen molar-refractivity contribution >= 4 is 23.4 Å². The Bertz CT molecular complexity index is 721. The first-order valence-corrected chi connectivity index (χ1v) is 9.00. The highest BCUT2D eigenvalue weighted by molar-refractivity contribution is 7.99. The number of nitrogens with one attached hydrogen (secondary N) is 1. The van der Waals surface area contributed by atoms with Crippen molar-refractivity contribution in [1.82, 2.24) is 14.8 Å². The number of carbonyl (C=O) groups excluding carboxylic acids is 1. The molecule has 0 radical (unpaired) electrons. The highest BCUT2D eigenvalue weighted by Crippen LogP contribution is 2.39. The Morgan fingerprint density at radius 1 is 1.35 bits per heavy atom. The summed E-state index contributed by atoms with van der Waals surface area (Å²) in [6, 6.07) is 5.94. The second-order valence-corrected chi connectivity index (χ2v) is 6.89. The van der Waals surface area contributed by atoms with Crippen LogP contribution in [0.25, 0.3) is 0 Å². The van der Waals surface area contributed by atoms with E-state index in [0.29, 0.717) is 11.7 Å². The highest BCUT2D eigenvalue weighted by atomic mass is 32.2. The van der Waals surface area contributed by atoms with E-state index in [1.165, 1.54) is 30.2 Å². The summed E-state index contributed by atoms with van der Waals surface area (Å²) in [5.74, 6) is 1.98. The van der Waals surface area contributed by atoms with E-state index in [1.54, 1.807) is 0 Å². The quantitative estimate of drug-likeness (QED) is 0.823. The van der Waals surface area contributed by atoms with Crippen LogP contribution in [0.15, 0.2) is 23.4 Å². The molecule has 1 amide bonds. The molecule has 1 aliphatic rings. The first kappa shape index (κ1) is 16.1. The van der Waals surface area contributed by atoms with Crippen molar-refractivity contribution in [3.8, 4) is 0 Å². The fraction of sp³-hybridized carbons (Fsp3) is 0.471. The normalized spacial score (nSPS) is 14.0. The van der Waals surface area contributed by atoms with Crippen LogP contribution >= 0.6 is 11.8 Å². The second kappa shape index (κ2) is 6.74. The van der Waals surface area contributed by atoms with E-state index in [1.807, 2.05) is 32.0 Å². The van der Waals surface area contributed by atoms with Crippen LogP contribution in [0.4, 0.5) is 5.69 Å². The lowest BCUT2D eigenvalue weighted by Gasteiger charge is -2.10. The van der Waals surface area contributed by atoms with E-state index in [2.05, 4.69) is 27.0 Å². The van der Waals surface area contributed by atoms with Crippen LogP contribution in [0.2, 0.25) is 0 Å². The van der Waals surface area contributed by atoms with Gasteiger partial charge < -0.3 is 9.88 Å². The molecule has 23 heavy (non-hydrogen) atoms. The molecule has 6 heteroatoms. The number of aromatic nitrogens is 3. The molecule has 1 aliphatic carbocycles. The van der Waals surface area contributed by atoms with Gasteiger partial charge in [0.25, 0.3) is 0 Å². The third kappa shape index (κ3) is 3.58. The number of amides is 1. The summed E-state index contributed by atoms with van der Waals surface area (Å²) in [5, 5.41) is 12.4. The minimum Gasteiger partial charge on any atom is -0.325 e. The summed E-state index contributed by atoms with van der Waals surface area (Å²) < 4.78 is 2.13. The van der Waals surface area contributed by atoms with E-state index in [4.69, 9.17) is 0 Å². The maximum absolute atomic E-state index is 12.2. The molecule has 3 rings (SSSR count). The molecular formula is C17H22N4OS. The van der Waals surface area contributed by atoms with Gasteiger partial charge in [-0.2, -0.15) is 0 Å². The maximum Gasteiger partial charge on any atom is 0.234 e. The third-order valence-corrected chi connectivity index (χ3v) is 5.18. The number of nitrogens with zero attached hydrogens (tertiary/aromatic N) is 3. The van der Waals surface area contributed by atoms with Crippen LogP contribution in [-0.2, 0) is 11.3 Å². The Morgan fingerprint density at radius 3 is 2.83 bits per heavy atom. The number of anilines is 1. The molecule has 0 atom stereocenters. The van der Waals surface area contributed by atoms with Gasteiger partial charge in [-0.05, 0) is 50.8 Å². The topological polar surface area (TPSA) is 59.8 Å². The van der Waals surface area contributed by atoms with Gasteiger partial charge in [-0.15, -0.1) is 10.2 Å². The van der Waals surface area contributed by atoms with Crippen LogP contribution < -0.4 is 5.32 Å². The van der Waals surface area contributed by atoms with Gasteiger partial charge in [0, 0.05) is 18.2 Å². The van der Waals surface area contributed by atoms with Gasteiger partial charge in [0.05, 0.1) is 5.75 Å². The molecule has 0 aliphatic heterocycles. The molecule has 5 nitrogen and oxygen atoms in total. The predicted molar refractivity (Wildman–Crippen MR) is 92.9 cm³/mol. The van der Waals surface area contributed by atoms with Crippen molar-refractivity contribution in [3.05, 3.63) is 35.2 Å². The maximum atomic E-state index is 12.2. The van der Waals surface area contributed by atoms with Gasteiger partial charge in [-0.25, -0.2) is 0 Å². The molecule has 1 N–H and O–H groups in total. The molecular weight excluding hydrogens is 308 g/mol. The number of hydrogen-bond acceptors (Lipinski definition) is 4. The van der Waals surface area contributed by atoms with E-state index in [9.17, 15) is 4.79 Å². The molecule has 1 fully saturated rings. The Morgan fingerprint density at radius 2 is 2.13 bits per heavy atom. The Balaban J connectivity index is 1.62. The number of rotatable bonds is 6. The smallest absolute Gasteiger partial charge is 0.234 e.